The average Bonchev–Trinajstić information content (AvgIpc) is 2.77. The molecule has 0 aliphatic heterocycles. The summed E-state index contributed by atoms with van der Waals surface area (Å²) in [5, 5.41) is 2.83. The van der Waals surface area contributed by atoms with Gasteiger partial charge in [-0.1, -0.05) is 48.5 Å². The molecule has 3 rings (SSSR count). The number of carbonyl (C=O) groups is 1. The number of hydrogen-bond acceptors (Lipinski definition) is 4. The molecule has 1 amide bonds. The molecule has 0 unspecified atom stereocenters. The number of hydrogen-bond donors (Lipinski definition) is 2. The van der Waals surface area contributed by atoms with Gasteiger partial charge in [-0.05, 0) is 62.1 Å². The lowest BCUT2D eigenvalue weighted by atomic mass is 9.99. The first-order valence-corrected chi connectivity index (χ1v) is 11.9. The lowest BCUT2D eigenvalue weighted by Crippen LogP contribution is -2.30. The van der Waals surface area contributed by atoms with Gasteiger partial charge in [0.25, 0.3) is 5.91 Å². The second kappa shape index (κ2) is 10.4. The quantitative estimate of drug-likeness (QED) is 0.503. The van der Waals surface area contributed by atoms with Crippen molar-refractivity contribution in [2.75, 3.05) is 12.4 Å². The van der Waals surface area contributed by atoms with E-state index in [1.165, 1.54) is 30.9 Å². The maximum atomic E-state index is 13.1. The predicted octanol–water partition coefficient (Wildman–Crippen LogP) is 4.42. The first-order chi connectivity index (χ1) is 15.3. The molecule has 0 fully saturated rings. The summed E-state index contributed by atoms with van der Waals surface area (Å²) in [6, 6.07) is 21.6. The highest BCUT2D eigenvalue weighted by Gasteiger charge is 2.19. The van der Waals surface area contributed by atoms with Gasteiger partial charge in [0, 0.05) is 11.6 Å². The van der Waals surface area contributed by atoms with Crippen LogP contribution in [-0.4, -0.2) is 27.5 Å². The Kier molecular flexibility index (Phi) is 7.66. The zero-order valence-electron chi connectivity index (χ0n) is 18.5. The number of benzene rings is 3. The molecular weight excluding hydrogens is 424 g/mol. The molecule has 0 saturated carbocycles. The molecule has 6 nitrogen and oxygen atoms in total. The van der Waals surface area contributed by atoms with E-state index in [-0.39, 0.29) is 16.8 Å². The second-order valence-electron chi connectivity index (χ2n) is 7.73. The molecule has 0 atom stereocenters. The molecule has 0 aromatic heterocycles. The highest BCUT2D eigenvalue weighted by atomic mass is 32.2. The van der Waals surface area contributed by atoms with E-state index in [2.05, 4.69) is 22.2 Å². The highest BCUT2D eigenvalue weighted by Crippen LogP contribution is 2.28. The normalized spacial score (nSPS) is 11.4. The third-order valence-electron chi connectivity index (χ3n) is 4.91. The van der Waals surface area contributed by atoms with Crippen molar-refractivity contribution in [3.63, 3.8) is 0 Å². The van der Waals surface area contributed by atoms with E-state index >= 15 is 0 Å². The Bertz CT molecular complexity index is 1180. The second-order valence-corrected chi connectivity index (χ2v) is 9.45. The molecule has 3 aromatic rings. The van der Waals surface area contributed by atoms with Gasteiger partial charge in [0.1, 0.15) is 5.75 Å². The van der Waals surface area contributed by atoms with Crippen molar-refractivity contribution in [1.82, 2.24) is 4.72 Å². The zero-order valence-corrected chi connectivity index (χ0v) is 19.3. The van der Waals surface area contributed by atoms with Gasteiger partial charge in [0.05, 0.1) is 17.7 Å². The topological polar surface area (TPSA) is 84.5 Å². The maximum absolute atomic E-state index is 13.1. The highest BCUT2D eigenvalue weighted by molar-refractivity contribution is 7.89. The van der Waals surface area contributed by atoms with Crippen molar-refractivity contribution in [2.24, 2.45) is 0 Å². The number of ether oxygens (including phenoxy) is 1. The number of amides is 1. The lowest BCUT2D eigenvalue weighted by molar-refractivity contribution is 0.102. The number of sulfonamides is 1. The van der Waals surface area contributed by atoms with Crippen molar-refractivity contribution in [3.8, 4) is 5.75 Å². The molecule has 0 aliphatic carbocycles. The largest absolute Gasteiger partial charge is 0.495 e. The Morgan fingerprint density at radius 3 is 2.31 bits per heavy atom. The Hall–Kier alpha value is -3.16. The van der Waals surface area contributed by atoms with Crippen LogP contribution in [0.2, 0.25) is 0 Å². The summed E-state index contributed by atoms with van der Waals surface area (Å²) in [5.41, 5.74) is 2.94. The van der Waals surface area contributed by atoms with Crippen LogP contribution in [0.15, 0.2) is 77.7 Å². The summed E-state index contributed by atoms with van der Waals surface area (Å²) >= 11 is 0. The van der Waals surface area contributed by atoms with Gasteiger partial charge in [-0.25, -0.2) is 13.1 Å². The van der Waals surface area contributed by atoms with Crippen LogP contribution in [0.1, 0.15) is 35.3 Å². The van der Waals surface area contributed by atoms with E-state index in [0.717, 1.165) is 12.0 Å². The van der Waals surface area contributed by atoms with Gasteiger partial charge in [0.2, 0.25) is 10.0 Å². The summed E-state index contributed by atoms with van der Waals surface area (Å²) in [6.45, 7) is 3.49. The van der Waals surface area contributed by atoms with Gasteiger partial charge in [0.15, 0.2) is 0 Å². The molecule has 7 heteroatoms. The van der Waals surface area contributed by atoms with Gasteiger partial charge in [-0.3, -0.25) is 4.79 Å². The van der Waals surface area contributed by atoms with Crippen LogP contribution < -0.4 is 14.8 Å². The number of carbonyl (C=O) groups excluding carboxylic acids is 1. The van der Waals surface area contributed by atoms with E-state index in [1.54, 1.807) is 19.9 Å². The molecule has 2 N–H and O–H groups in total. The van der Waals surface area contributed by atoms with Crippen molar-refractivity contribution in [3.05, 3.63) is 89.5 Å². The smallest absolute Gasteiger partial charge is 0.256 e. The molecule has 32 heavy (non-hydrogen) atoms. The van der Waals surface area contributed by atoms with Crippen LogP contribution in [0, 0.1) is 0 Å². The first kappa shape index (κ1) is 23.5. The lowest BCUT2D eigenvalue weighted by Gasteiger charge is -2.15. The molecular formula is C25H28N2O4S. The SMILES string of the molecule is COc1ccc(S(=O)(=O)NC(C)C)cc1NC(=O)c1ccccc1CCc1ccccc1. The van der Waals surface area contributed by atoms with E-state index in [1.807, 2.05) is 36.4 Å². The van der Waals surface area contributed by atoms with E-state index < -0.39 is 10.0 Å². The van der Waals surface area contributed by atoms with Gasteiger partial charge >= 0.3 is 0 Å². The minimum Gasteiger partial charge on any atom is -0.495 e. The summed E-state index contributed by atoms with van der Waals surface area (Å²) < 4.78 is 33.0. The fourth-order valence-corrected chi connectivity index (χ4v) is 4.68. The molecule has 0 spiro atoms. The molecule has 0 saturated heterocycles. The summed E-state index contributed by atoms with van der Waals surface area (Å²) in [6.07, 6.45) is 1.51. The molecule has 168 valence electrons. The van der Waals surface area contributed by atoms with Crippen LogP contribution >= 0.6 is 0 Å². The van der Waals surface area contributed by atoms with Gasteiger partial charge in [-0.15, -0.1) is 0 Å². The summed E-state index contributed by atoms with van der Waals surface area (Å²) in [7, 11) is -2.24. The fourth-order valence-electron chi connectivity index (χ4n) is 3.40. The van der Waals surface area contributed by atoms with Crippen LogP contribution in [-0.2, 0) is 22.9 Å². The van der Waals surface area contributed by atoms with Crippen LogP contribution in [0.3, 0.4) is 0 Å². The molecule has 0 heterocycles. The molecule has 0 radical (unpaired) electrons. The first-order valence-electron chi connectivity index (χ1n) is 10.4. The van der Waals surface area contributed by atoms with Crippen molar-refractivity contribution in [1.29, 1.82) is 0 Å². The minimum atomic E-state index is -3.71. The fraction of sp³-hybridized carbons (Fsp3) is 0.240. The maximum Gasteiger partial charge on any atom is 0.256 e. The van der Waals surface area contributed by atoms with Crippen molar-refractivity contribution < 1.29 is 17.9 Å². The Morgan fingerprint density at radius 2 is 1.62 bits per heavy atom. The van der Waals surface area contributed by atoms with Crippen LogP contribution in [0.5, 0.6) is 5.75 Å². The van der Waals surface area contributed by atoms with Gasteiger partial charge < -0.3 is 10.1 Å². The summed E-state index contributed by atoms with van der Waals surface area (Å²) in [5.74, 6) is 0.0574. The predicted molar refractivity (Wildman–Crippen MR) is 127 cm³/mol. The van der Waals surface area contributed by atoms with E-state index in [4.69, 9.17) is 4.74 Å². The number of rotatable bonds is 9. The third-order valence-corrected chi connectivity index (χ3v) is 6.56. The Morgan fingerprint density at radius 1 is 0.938 bits per heavy atom. The monoisotopic (exact) mass is 452 g/mol. The van der Waals surface area contributed by atoms with Crippen LogP contribution in [0.25, 0.3) is 0 Å². The zero-order chi connectivity index (χ0) is 23.1. The number of methoxy groups -OCH3 is 1. The third kappa shape index (κ3) is 5.96. The molecule has 0 bridgehead atoms. The summed E-state index contributed by atoms with van der Waals surface area (Å²) in [4.78, 5) is 13.2. The van der Waals surface area contributed by atoms with Crippen molar-refractivity contribution in [2.45, 2.75) is 37.6 Å². The average molecular weight is 453 g/mol. The van der Waals surface area contributed by atoms with E-state index in [9.17, 15) is 13.2 Å². The van der Waals surface area contributed by atoms with Gasteiger partial charge in [-0.2, -0.15) is 0 Å². The molecule has 0 aliphatic rings. The van der Waals surface area contributed by atoms with Crippen molar-refractivity contribution >= 4 is 21.6 Å². The number of anilines is 1. The number of aryl methyl sites for hydroxylation is 2. The Labute approximate surface area is 189 Å². The standard InChI is InChI=1S/C25H28N2O4S/c1-18(2)27-32(29,30)21-15-16-24(31-3)23(17-21)26-25(28)22-12-8-7-11-20(22)14-13-19-9-5-4-6-10-19/h4-12,15-18,27H,13-14H2,1-3H3,(H,26,28). The van der Waals surface area contributed by atoms with E-state index in [0.29, 0.717) is 23.4 Å². The molecule has 3 aromatic carbocycles. The number of nitrogens with one attached hydrogen (secondary N) is 2. The minimum absolute atomic E-state index is 0.0552. The Balaban J connectivity index is 1.85. The van der Waals surface area contributed by atoms with Crippen LogP contribution in [0.4, 0.5) is 5.69 Å².